The van der Waals surface area contributed by atoms with Crippen molar-refractivity contribution in [1.29, 1.82) is 0 Å². The number of hydrogen-bond acceptors (Lipinski definition) is 6. The van der Waals surface area contributed by atoms with E-state index in [4.69, 9.17) is 16.3 Å². The van der Waals surface area contributed by atoms with Gasteiger partial charge in [-0.05, 0) is 49.6 Å². The standard InChI is InChI=1S/C20H21ClN2O4S/c21-12-18(26)22-20(16(25)10-13-4-5-14(24)11-15(13)27-20)17-6-7-19(28-17)23-8-2-1-3-9-23/h4-7,10-11,16,25H,1-3,8-9,12H2,(H,22,26). The number of ether oxygens (including phenoxy) is 1. The molecule has 148 valence electrons. The number of carbonyl (C=O) groups excluding carboxylic acids is 2. The fourth-order valence-corrected chi connectivity index (χ4v) is 4.91. The Morgan fingerprint density at radius 2 is 2.11 bits per heavy atom. The second-order valence-electron chi connectivity index (χ2n) is 7.02. The number of nitrogens with zero attached hydrogens (tertiary/aromatic N) is 1. The quantitative estimate of drug-likeness (QED) is 0.732. The van der Waals surface area contributed by atoms with Gasteiger partial charge in [0.15, 0.2) is 5.78 Å². The van der Waals surface area contributed by atoms with E-state index in [2.05, 4.69) is 10.2 Å². The summed E-state index contributed by atoms with van der Waals surface area (Å²) in [4.78, 5) is 26.9. The Kier molecular flexibility index (Phi) is 5.31. The van der Waals surface area contributed by atoms with Gasteiger partial charge in [-0.25, -0.2) is 0 Å². The van der Waals surface area contributed by atoms with E-state index < -0.39 is 17.7 Å². The van der Waals surface area contributed by atoms with Crippen molar-refractivity contribution in [3.05, 3.63) is 52.6 Å². The second kappa shape index (κ2) is 7.73. The number of hydrogen-bond donors (Lipinski definition) is 2. The van der Waals surface area contributed by atoms with E-state index >= 15 is 0 Å². The molecule has 3 heterocycles. The molecule has 0 saturated carbocycles. The highest BCUT2D eigenvalue weighted by Crippen LogP contribution is 2.43. The zero-order chi connectivity index (χ0) is 19.7. The third-order valence-electron chi connectivity index (χ3n) is 5.08. The highest BCUT2D eigenvalue weighted by molar-refractivity contribution is 7.16. The van der Waals surface area contributed by atoms with Gasteiger partial charge < -0.3 is 20.1 Å². The second-order valence-corrected chi connectivity index (χ2v) is 8.35. The Balaban J connectivity index is 1.73. The Bertz CT molecular complexity index is 885. The van der Waals surface area contributed by atoms with E-state index in [9.17, 15) is 14.7 Å². The maximum atomic E-state index is 12.2. The van der Waals surface area contributed by atoms with Gasteiger partial charge >= 0.3 is 0 Å². The molecule has 1 saturated heterocycles. The maximum Gasteiger partial charge on any atom is 0.248 e. The number of rotatable bonds is 4. The summed E-state index contributed by atoms with van der Waals surface area (Å²) < 4.78 is 6.09. The largest absolute Gasteiger partial charge is 0.459 e. The zero-order valence-electron chi connectivity index (χ0n) is 15.2. The molecule has 2 unspecified atom stereocenters. The summed E-state index contributed by atoms with van der Waals surface area (Å²) in [5.74, 6) is -0.623. The Hall–Kier alpha value is -2.09. The fourth-order valence-electron chi connectivity index (χ4n) is 3.67. The SMILES string of the molecule is O=C1C=CC2=CC(O)C(NC(=O)CCl)(c3ccc(N4CCCCC4)s3)OC2=C1. The van der Waals surface area contributed by atoms with Crippen LogP contribution in [0.15, 0.2) is 47.8 Å². The van der Waals surface area contributed by atoms with Crippen molar-refractivity contribution in [2.45, 2.75) is 31.1 Å². The lowest BCUT2D eigenvalue weighted by atomic mass is 9.94. The van der Waals surface area contributed by atoms with E-state index in [-0.39, 0.29) is 11.7 Å². The van der Waals surface area contributed by atoms with Gasteiger partial charge in [-0.15, -0.1) is 22.9 Å². The zero-order valence-corrected chi connectivity index (χ0v) is 16.8. The number of aliphatic hydroxyl groups excluding tert-OH is 1. The van der Waals surface area contributed by atoms with Crippen molar-refractivity contribution in [2.75, 3.05) is 23.9 Å². The number of allylic oxidation sites excluding steroid dienone is 3. The van der Waals surface area contributed by atoms with Crippen molar-refractivity contribution < 1.29 is 19.4 Å². The number of amides is 1. The first-order valence-corrected chi connectivity index (χ1v) is 10.6. The van der Waals surface area contributed by atoms with Crippen LogP contribution >= 0.6 is 22.9 Å². The van der Waals surface area contributed by atoms with Crippen LogP contribution in [-0.4, -0.2) is 41.9 Å². The topological polar surface area (TPSA) is 78.9 Å². The van der Waals surface area contributed by atoms with Gasteiger partial charge in [-0.1, -0.05) is 0 Å². The van der Waals surface area contributed by atoms with E-state index in [1.54, 1.807) is 12.2 Å². The molecule has 2 aliphatic heterocycles. The molecule has 1 aromatic heterocycles. The molecule has 1 aromatic rings. The third-order valence-corrected chi connectivity index (χ3v) is 6.59. The number of anilines is 1. The monoisotopic (exact) mass is 420 g/mol. The number of nitrogens with one attached hydrogen (secondary N) is 1. The van der Waals surface area contributed by atoms with E-state index in [0.29, 0.717) is 16.2 Å². The number of halogens is 1. The normalized spacial score (nSPS) is 26.9. The van der Waals surface area contributed by atoms with Crippen LogP contribution < -0.4 is 10.2 Å². The molecule has 4 rings (SSSR count). The molecule has 2 N–H and O–H groups in total. The first kappa shape index (κ1) is 19.2. The molecular weight excluding hydrogens is 400 g/mol. The molecule has 6 nitrogen and oxygen atoms in total. The maximum absolute atomic E-state index is 12.2. The molecule has 2 atom stereocenters. The molecule has 0 spiro atoms. The van der Waals surface area contributed by atoms with Crippen LogP contribution in [0.2, 0.25) is 0 Å². The van der Waals surface area contributed by atoms with Crippen molar-refractivity contribution in [3.8, 4) is 0 Å². The van der Waals surface area contributed by atoms with Crippen LogP contribution in [0.1, 0.15) is 24.1 Å². The summed E-state index contributed by atoms with van der Waals surface area (Å²) in [6.07, 6.45) is 8.34. The van der Waals surface area contributed by atoms with Crippen molar-refractivity contribution in [1.82, 2.24) is 5.32 Å². The number of fused-ring (bicyclic) bond motifs is 1. The van der Waals surface area contributed by atoms with Crippen LogP contribution in [0.5, 0.6) is 0 Å². The average molecular weight is 421 g/mol. The predicted octanol–water partition coefficient (Wildman–Crippen LogP) is 2.59. The van der Waals surface area contributed by atoms with Crippen LogP contribution in [0, 0.1) is 0 Å². The molecule has 1 aliphatic carbocycles. The lowest BCUT2D eigenvalue weighted by Crippen LogP contribution is -2.56. The Morgan fingerprint density at radius 3 is 2.86 bits per heavy atom. The average Bonchev–Trinajstić information content (AvgIpc) is 3.20. The molecule has 8 heteroatoms. The summed E-state index contributed by atoms with van der Waals surface area (Å²) in [6.45, 7) is 1.97. The summed E-state index contributed by atoms with van der Waals surface area (Å²) in [7, 11) is 0. The van der Waals surface area contributed by atoms with Gasteiger partial charge in [0.1, 0.15) is 17.7 Å². The summed E-state index contributed by atoms with van der Waals surface area (Å²) in [6, 6.07) is 3.84. The number of ketones is 1. The van der Waals surface area contributed by atoms with Crippen LogP contribution in [0.3, 0.4) is 0 Å². The van der Waals surface area contributed by atoms with Gasteiger partial charge in [-0.2, -0.15) is 0 Å². The summed E-state index contributed by atoms with van der Waals surface area (Å²) in [5, 5.41) is 14.7. The number of alkyl halides is 1. The summed E-state index contributed by atoms with van der Waals surface area (Å²) >= 11 is 7.17. The molecule has 0 radical (unpaired) electrons. The van der Waals surface area contributed by atoms with Gasteiger partial charge in [0, 0.05) is 24.7 Å². The van der Waals surface area contributed by atoms with Crippen molar-refractivity contribution in [3.63, 3.8) is 0 Å². The minimum Gasteiger partial charge on any atom is -0.459 e. The molecule has 3 aliphatic rings. The number of carbonyl (C=O) groups is 2. The van der Waals surface area contributed by atoms with Gasteiger partial charge in [0.2, 0.25) is 11.6 Å². The van der Waals surface area contributed by atoms with Crippen LogP contribution in [-0.2, 0) is 20.1 Å². The van der Waals surface area contributed by atoms with E-state index in [0.717, 1.165) is 30.9 Å². The molecule has 0 aromatic carbocycles. The molecular formula is C20H21ClN2O4S. The van der Waals surface area contributed by atoms with Crippen LogP contribution in [0.25, 0.3) is 0 Å². The smallest absolute Gasteiger partial charge is 0.248 e. The van der Waals surface area contributed by atoms with Crippen LogP contribution in [0.4, 0.5) is 5.00 Å². The third kappa shape index (κ3) is 3.50. The molecule has 28 heavy (non-hydrogen) atoms. The molecule has 1 fully saturated rings. The van der Waals surface area contributed by atoms with Crippen molar-refractivity contribution >= 4 is 39.6 Å². The summed E-state index contributed by atoms with van der Waals surface area (Å²) in [5.41, 5.74) is -0.915. The number of thiophene rings is 1. The first-order chi connectivity index (χ1) is 13.5. The molecule has 1 amide bonds. The lowest BCUT2D eigenvalue weighted by Gasteiger charge is -2.41. The Morgan fingerprint density at radius 1 is 1.32 bits per heavy atom. The fraction of sp³-hybridized carbons (Fsp3) is 0.400. The minimum absolute atomic E-state index is 0.207. The van der Waals surface area contributed by atoms with Crippen molar-refractivity contribution in [2.24, 2.45) is 0 Å². The highest BCUT2D eigenvalue weighted by Gasteiger charge is 2.48. The van der Waals surface area contributed by atoms with E-state index in [1.165, 1.54) is 29.9 Å². The van der Waals surface area contributed by atoms with Gasteiger partial charge in [0.25, 0.3) is 0 Å². The number of piperidine rings is 1. The lowest BCUT2D eigenvalue weighted by molar-refractivity contribution is -0.142. The van der Waals surface area contributed by atoms with Gasteiger partial charge in [-0.3, -0.25) is 9.59 Å². The Labute approximate surface area is 172 Å². The predicted molar refractivity (Wildman–Crippen MR) is 108 cm³/mol. The van der Waals surface area contributed by atoms with E-state index in [1.807, 2.05) is 12.1 Å². The highest BCUT2D eigenvalue weighted by atomic mass is 35.5. The molecule has 0 bridgehead atoms. The number of aliphatic hydroxyl groups is 1. The van der Waals surface area contributed by atoms with Gasteiger partial charge in [0.05, 0.1) is 9.88 Å². The first-order valence-electron chi connectivity index (χ1n) is 9.27. The minimum atomic E-state index is -1.52.